The van der Waals surface area contributed by atoms with Crippen LogP contribution in [-0.2, 0) is 0 Å². The quantitative estimate of drug-likeness (QED) is 0.670. The number of carbonyl (C=O) groups is 1. The second-order valence-corrected chi connectivity index (χ2v) is 4.58. The highest BCUT2D eigenvalue weighted by Crippen LogP contribution is 2.36. The Bertz CT molecular complexity index is 904. The summed E-state index contributed by atoms with van der Waals surface area (Å²) in [6, 6.07) is 11.8. The first-order valence-corrected chi connectivity index (χ1v) is 6.18. The average molecular weight is 278 g/mol. The Hall–Kier alpha value is -3.26. The number of aromatic carboxylic acids is 1. The summed E-state index contributed by atoms with van der Waals surface area (Å²) >= 11 is 0. The minimum atomic E-state index is -1.20. The first-order valence-electron chi connectivity index (χ1n) is 6.18. The van der Waals surface area contributed by atoms with E-state index in [-0.39, 0.29) is 11.3 Å². The third-order valence-corrected chi connectivity index (χ3v) is 3.35. The molecule has 0 aliphatic heterocycles. The van der Waals surface area contributed by atoms with Crippen molar-refractivity contribution >= 4 is 16.9 Å². The van der Waals surface area contributed by atoms with Gasteiger partial charge >= 0.3 is 5.97 Å². The Labute approximate surface area is 119 Å². The number of hydrogen-bond donors (Lipinski definition) is 3. The van der Waals surface area contributed by atoms with E-state index < -0.39 is 5.97 Å². The zero-order chi connectivity index (χ0) is 15.0. The fourth-order valence-corrected chi connectivity index (χ4v) is 2.38. The van der Waals surface area contributed by atoms with Gasteiger partial charge in [0, 0.05) is 22.7 Å². The van der Waals surface area contributed by atoms with Gasteiger partial charge in [-0.1, -0.05) is 12.1 Å². The van der Waals surface area contributed by atoms with Gasteiger partial charge in [-0.15, -0.1) is 0 Å². The summed E-state index contributed by atoms with van der Waals surface area (Å²) in [4.78, 5) is 14.2. The molecule has 3 aromatic rings. The Balaban J connectivity index is 2.35. The van der Waals surface area contributed by atoms with Gasteiger partial charge in [-0.05, 0) is 24.3 Å². The lowest BCUT2D eigenvalue weighted by Gasteiger charge is -2.09. The molecular formula is C16H10N2O3. The molecule has 0 radical (unpaired) electrons. The van der Waals surface area contributed by atoms with Crippen LogP contribution in [0.4, 0.5) is 0 Å². The number of fused-ring (bicyclic) bond motifs is 1. The van der Waals surface area contributed by atoms with E-state index in [1.807, 2.05) is 6.07 Å². The molecule has 5 heteroatoms. The van der Waals surface area contributed by atoms with Crippen LogP contribution in [0.2, 0.25) is 0 Å². The first-order chi connectivity index (χ1) is 10.1. The average Bonchev–Trinajstić information content (AvgIpc) is 2.94. The summed E-state index contributed by atoms with van der Waals surface area (Å²) in [6.07, 6.45) is 1.73. The van der Waals surface area contributed by atoms with Crippen molar-refractivity contribution in [2.75, 3.05) is 0 Å². The maximum absolute atomic E-state index is 11.1. The van der Waals surface area contributed by atoms with Gasteiger partial charge in [-0.25, -0.2) is 4.79 Å². The zero-order valence-corrected chi connectivity index (χ0v) is 10.8. The van der Waals surface area contributed by atoms with Crippen molar-refractivity contribution in [3.8, 4) is 22.9 Å². The molecule has 0 aliphatic rings. The molecule has 0 fully saturated rings. The van der Waals surface area contributed by atoms with Crippen LogP contribution in [0, 0.1) is 11.3 Å². The van der Waals surface area contributed by atoms with Crippen molar-refractivity contribution in [2.45, 2.75) is 0 Å². The van der Waals surface area contributed by atoms with Crippen molar-refractivity contribution in [2.24, 2.45) is 0 Å². The van der Waals surface area contributed by atoms with Gasteiger partial charge in [0.25, 0.3) is 0 Å². The summed E-state index contributed by atoms with van der Waals surface area (Å²) < 4.78 is 0. The monoisotopic (exact) mass is 278 g/mol. The van der Waals surface area contributed by atoms with Gasteiger partial charge in [0.2, 0.25) is 0 Å². The van der Waals surface area contributed by atoms with Gasteiger partial charge in [0.1, 0.15) is 11.3 Å². The SMILES string of the molecule is N#Cc1cc(-c2cccc(C(=O)O)c2O)c2[nH]ccc2c1. The molecule has 3 N–H and O–H groups in total. The molecule has 0 aliphatic carbocycles. The second-order valence-electron chi connectivity index (χ2n) is 4.58. The van der Waals surface area contributed by atoms with Crippen LogP contribution < -0.4 is 0 Å². The lowest BCUT2D eigenvalue weighted by atomic mass is 9.97. The van der Waals surface area contributed by atoms with Crippen LogP contribution in [-0.4, -0.2) is 21.2 Å². The van der Waals surface area contributed by atoms with Crippen molar-refractivity contribution < 1.29 is 15.0 Å². The third-order valence-electron chi connectivity index (χ3n) is 3.35. The molecule has 0 amide bonds. The summed E-state index contributed by atoms with van der Waals surface area (Å²) in [6.45, 7) is 0. The fraction of sp³-hybridized carbons (Fsp3) is 0. The van der Waals surface area contributed by atoms with Gasteiger partial charge in [0.05, 0.1) is 17.1 Å². The number of carboxylic acid groups (broad SMARTS) is 1. The van der Waals surface area contributed by atoms with Crippen molar-refractivity contribution in [3.63, 3.8) is 0 Å². The largest absolute Gasteiger partial charge is 0.506 e. The molecule has 1 heterocycles. The Morgan fingerprint density at radius 1 is 1.19 bits per heavy atom. The summed E-state index contributed by atoms with van der Waals surface area (Å²) in [7, 11) is 0. The number of nitrogens with zero attached hydrogens (tertiary/aromatic N) is 1. The first kappa shape index (κ1) is 12.8. The summed E-state index contributed by atoms with van der Waals surface area (Å²) in [5.41, 5.74) is 1.98. The normalized spacial score (nSPS) is 10.4. The zero-order valence-electron chi connectivity index (χ0n) is 10.8. The van der Waals surface area contributed by atoms with Crippen LogP contribution in [0.3, 0.4) is 0 Å². The highest BCUT2D eigenvalue weighted by molar-refractivity contribution is 6.00. The molecule has 0 unspecified atom stereocenters. The smallest absolute Gasteiger partial charge is 0.339 e. The number of para-hydroxylation sites is 1. The van der Waals surface area contributed by atoms with Crippen molar-refractivity contribution in [1.82, 2.24) is 4.98 Å². The number of aromatic amines is 1. The van der Waals surface area contributed by atoms with Crippen LogP contribution in [0.1, 0.15) is 15.9 Å². The highest BCUT2D eigenvalue weighted by Gasteiger charge is 2.16. The van der Waals surface area contributed by atoms with Crippen LogP contribution in [0.5, 0.6) is 5.75 Å². The van der Waals surface area contributed by atoms with Gasteiger partial charge in [0.15, 0.2) is 0 Å². The van der Waals surface area contributed by atoms with Crippen LogP contribution >= 0.6 is 0 Å². The number of carboxylic acids is 1. The minimum absolute atomic E-state index is 0.172. The van der Waals surface area contributed by atoms with Gasteiger partial charge in [-0.3, -0.25) is 0 Å². The van der Waals surface area contributed by atoms with Crippen molar-refractivity contribution in [1.29, 1.82) is 5.26 Å². The number of aromatic hydroxyl groups is 1. The van der Waals surface area contributed by atoms with Gasteiger partial charge in [-0.2, -0.15) is 5.26 Å². The molecule has 1 aromatic heterocycles. The fourth-order valence-electron chi connectivity index (χ4n) is 2.38. The number of nitrogens with one attached hydrogen (secondary N) is 1. The van der Waals surface area contributed by atoms with E-state index in [1.54, 1.807) is 30.5 Å². The minimum Gasteiger partial charge on any atom is -0.506 e. The van der Waals surface area contributed by atoms with E-state index >= 15 is 0 Å². The van der Waals surface area contributed by atoms with E-state index in [9.17, 15) is 9.90 Å². The van der Waals surface area contributed by atoms with E-state index in [1.165, 1.54) is 6.07 Å². The Morgan fingerprint density at radius 3 is 2.71 bits per heavy atom. The molecule has 5 nitrogen and oxygen atoms in total. The maximum atomic E-state index is 11.1. The number of aromatic nitrogens is 1. The van der Waals surface area contributed by atoms with E-state index in [0.717, 1.165) is 10.9 Å². The van der Waals surface area contributed by atoms with Gasteiger partial charge < -0.3 is 15.2 Å². The molecule has 0 atom stereocenters. The van der Waals surface area contributed by atoms with Crippen LogP contribution in [0.15, 0.2) is 42.6 Å². The van der Waals surface area contributed by atoms with E-state index in [2.05, 4.69) is 11.1 Å². The van der Waals surface area contributed by atoms with E-state index in [0.29, 0.717) is 16.7 Å². The topological polar surface area (TPSA) is 97.1 Å². The van der Waals surface area contributed by atoms with E-state index in [4.69, 9.17) is 10.4 Å². The number of H-pyrrole nitrogens is 1. The Morgan fingerprint density at radius 2 is 2.00 bits per heavy atom. The molecule has 2 aromatic carbocycles. The standard InChI is InChI=1S/C16H10N2O3/c17-8-9-6-10-4-5-18-14(10)13(7-9)11-2-1-3-12(15(11)19)16(20)21/h1-7,18-19H,(H,20,21). The predicted octanol–water partition coefficient (Wildman–Crippen LogP) is 3.11. The highest BCUT2D eigenvalue weighted by atomic mass is 16.4. The number of phenols is 1. The molecule has 0 saturated heterocycles. The number of hydrogen-bond acceptors (Lipinski definition) is 3. The lowest BCUT2D eigenvalue weighted by molar-refractivity contribution is 0.0694. The Kier molecular flexibility index (Phi) is 2.85. The lowest BCUT2D eigenvalue weighted by Crippen LogP contribution is -1.97. The molecule has 102 valence electrons. The molecular weight excluding hydrogens is 268 g/mol. The number of nitriles is 1. The molecule has 21 heavy (non-hydrogen) atoms. The molecule has 0 bridgehead atoms. The van der Waals surface area contributed by atoms with Crippen LogP contribution in [0.25, 0.3) is 22.0 Å². The molecule has 0 saturated carbocycles. The number of benzene rings is 2. The number of rotatable bonds is 2. The van der Waals surface area contributed by atoms with Crippen molar-refractivity contribution in [3.05, 3.63) is 53.7 Å². The maximum Gasteiger partial charge on any atom is 0.339 e. The third kappa shape index (κ3) is 1.99. The summed E-state index contributed by atoms with van der Waals surface area (Å²) in [5.74, 6) is -1.51. The molecule has 3 rings (SSSR count). The second kappa shape index (κ2) is 4.69. The molecule has 0 spiro atoms. The summed E-state index contributed by atoms with van der Waals surface area (Å²) in [5, 5.41) is 29.2. The predicted molar refractivity (Wildman–Crippen MR) is 77.1 cm³/mol.